The van der Waals surface area contributed by atoms with Crippen LogP contribution in [0.3, 0.4) is 0 Å². The van der Waals surface area contributed by atoms with Crippen LogP contribution in [0.1, 0.15) is 61.3 Å². The molecule has 5 rings (SSSR count). The van der Waals surface area contributed by atoms with Gasteiger partial charge in [-0.15, -0.1) is 11.3 Å². The molecule has 2 heterocycles. The molecular formula is C26H24N2O4S. The van der Waals surface area contributed by atoms with Crippen molar-refractivity contribution in [2.75, 3.05) is 6.61 Å². The molecule has 0 spiro atoms. The van der Waals surface area contributed by atoms with Crippen LogP contribution in [0.4, 0.5) is 0 Å². The molecule has 6 nitrogen and oxygen atoms in total. The van der Waals surface area contributed by atoms with Crippen molar-refractivity contribution >= 4 is 29.1 Å². The zero-order valence-electron chi connectivity index (χ0n) is 18.3. The average Bonchev–Trinajstić information content (AvgIpc) is 3.49. The molecule has 7 heteroatoms. The number of imide groups is 1. The fourth-order valence-electron chi connectivity index (χ4n) is 4.17. The summed E-state index contributed by atoms with van der Waals surface area (Å²) >= 11 is 1.64. The van der Waals surface area contributed by atoms with Gasteiger partial charge in [-0.25, -0.2) is 0 Å². The molecule has 2 aliphatic rings. The molecule has 1 fully saturated rings. The summed E-state index contributed by atoms with van der Waals surface area (Å²) in [5.41, 5.74) is 2.01. The molecule has 3 aromatic rings. The standard InChI is InChI=1S/C26H24N2O4S/c1-2-32-23-12-9-17(15-28-24(29)20-7-3-4-8-21(20)25(28)30)14-22(23)26(31)27(18-10-11-18)16-19-6-5-13-33-19/h3-9,12-14,18H,2,10-11,15-16H2,1H3. The minimum atomic E-state index is -0.310. The number of thiophene rings is 1. The number of carbonyl (C=O) groups excluding carboxylic acids is 3. The number of carbonyl (C=O) groups is 3. The van der Waals surface area contributed by atoms with Crippen molar-refractivity contribution in [1.29, 1.82) is 0 Å². The molecule has 0 bridgehead atoms. The Morgan fingerprint density at radius 1 is 1.06 bits per heavy atom. The van der Waals surface area contributed by atoms with Crippen LogP contribution in [-0.2, 0) is 13.1 Å². The van der Waals surface area contributed by atoms with E-state index in [9.17, 15) is 14.4 Å². The number of rotatable bonds is 8. The maximum Gasteiger partial charge on any atom is 0.261 e. The molecule has 33 heavy (non-hydrogen) atoms. The molecular weight excluding hydrogens is 436 g/mol. The van der Waals surface area contributed by atoms with E-state index in [2.05, 4.69) is 0 Å². The third-order valence-electron chi connectivity index (χ3n) is 5.95. The van der Waals surface area contributed by atoms with Crippen LogP contribution in [0.5, 0.6) is 5.75 Å². The normalized spacial score (nSPS) is 15.0. The summed E-state index contributed by atoms with van der Waals surface area (Å²) in [5.74, 6) is -0.187. The molecule has 1 aromatic heterocycles. The van der Waals surface area contributed by atoms with Crippen molar-refractivity contribution in [3.05, 3.63) is 87.1 Å². The minimum absolute atomic E-state index is 0.0847. The molecule has 3 amide bonds. The van der Waals surface area contributed by atoms with Crippen LogP contribution in [0.2, 0.25) is 0 Å². The van der Waals surface area contributed by atoms with Crippen LogP contribution < -0.4 is 4.74 Å². The molecule has 168 valence electrons. The van der Waals surface area contributed by atoms with Gasteiger partial charge in [-0.1, -0.05) is 24.3 Å². The highest BCUT2D eigenvalue weighted by Gasteiger charge is 2.36. The highest BCUT2D eigenvalue weighted by molar-refractivity contribution is 7.09. The fourth-order valence-corrected chi connectivity index (χ4v) is 4.87. The summed E-state index contributed by atoms with van der Waals surface area (Å²) in [6.07, 6.45) is 1.99. The van der Waals surface area contributed by atoms with Gasteiger partial charge in [0.2, 0.25) is 0 Å². The van der Waals surface area contributed by atoms with Gasteiger partial charge in [-0.2, -0.15) is 0 Å². The van der Waals surface area contributed by atoms with Crippen molar-refractivity contribution in [3.8, 4) is 5.75 Å². The first-order chi connectivity index (χ1) is 16.1. The first-order valence-electron chi connectivity index (χ1n) is 11.1. The van der Waals surface area contributed by atoms with Crippen LogP contribution in [0, 0.1) is 0 Å². The van der Waals surface area contributed by atoms with Gasteiger partial charge >= 0.3 is 0 Å². The lowest BCUT2D eigenvalue weighted by atomic mass is 10.1. The van der Waals surface area contributed by atoms with Crippen molar-refractivity contribution in [2.24, 2.45) is 0 Å². The summed E-state index contributed by atoms with van der Waals surface area (Å²) in [5, 5.41) is 2.01. The van der Waals surface area contributed by atoms with E-state index in [1.807, 2.05) is 35.4 Å². The van der Waals surface area contributed by atoms with Crippen LogP contribution >= 0.6 is 11.3 Å². The molecule has 0 saturated heterocycles. The maximum atomic E-state index is 13.6. The molecule has 0 N–H and O–H groups in total. The number of nitrogens with zero attached hydrogens (tertiary/aromatic N) is 2. The SMILES string of the molecule is CCOc1ccc(CN2C(=O)c3ccccc3C2=O)cc1C(=O)N(Cc1cccs1)C1CC1. The second-order valence-electron chi connectivity index (χ2n) is 8.25. The lowest BCUT2D eigenvalue weighted by Crippen LogP contribution is -2.33. The van der Waals surface area contributed by atoms with E-state index in [4.69, 9.17) is 4.74 Å². The first kappa shape index (κ1) is 21.4. The summed E-state index contributed by atoms with van der Waals surface area (Å²) in [6, 6.07) is 16.4. The fraction of sp³-hybridized carbons (Fsp3) is 0.269. The quantitative estimate of drug-likeness (QED) is 0.455. The summed E-state index contributed by atoms with van der Waals surface area (Å²) in [6.45, 7) is 2.99. The predicted octanol–water partition coefficient (Wildman–Crippen LogP) is 4.75. The van der Waals surface area contributed by atoms with Crippen LogP contribution in [0.25, 0.3) is 0 Å². The van der Waals surface area contributed by atoms with Crippen LogP contribution in [-0.4, -0.2) is 40.2 Å². The van der Waals surface area contributed by atoms with Gasteiger partial charge in [0.1, 0.15) is 5.75 Å². The van der Waals surface area contributed by atoms with Crippen LogP contribution in [0.15, 0.2) is 60.0 Å². The Labute approximate surface area is 196 Å². The average molecular weight is 461 g/mol. The van der Waals surface area contributed by atoms with Gasteiger partial charge in [0.15, 0.2) is 0 Å². The number of hydrogen-bond donors (Lipinski definition) is 0. The van der Waals surface area contributed by atoms with Crippen molar-refractivity contribution < 1.29 is 19.1 Å². The molecule has 0 unspecified atom stereocenters. The van der Waals surface area contributed by atoms with E-state index in [1.54, 1.807) is 47.7 Å². The number of fused-ring (bicyclic) bond motifs is 1. The molecule has 1 saturated carbocycles. The summed E-state index contributed by atoms with van der Waals surface area (Å²) < 4.78 is 5.77. The molecule has 0 atom stereocenters. The number of amides is 3. The molecule has 1 aliphatic carbocycles. The van der Waals surface area contributed by atoms with Crippen molar-refractivity contribution in [2.45, 2.75) is 38.9 Å². The number of hydrogen-bond acceptors (Lipinski definition) is 5. The number of ether oxygens (including phenoxy) is 1. The predicted molar refractivity (Wildman–Crippen MR) is 125 cm³/mol. The van der Waals surface area contributed by atoms with E-state index in [1.165, 1.54) is 4.90 Å². The summed E-state index contributed by atoms with van der Waals surface area (Å²) in [4.78, 5) is 43.5. The monoisotopic (exact) mass is 460 g/mol. The summed E-state index contributed by atoms with van der Waals surface area (Å²) in [7, 11) is 0. The zero-order chi connectivity index (χ0) is 22.9. The molecule has 0 radical (unpaired) electrons. The Balaban J connectivity index is 1.43. The van der Waals surface area contributed by atoms with E-state index in [0.717, 1.165) is 17.7 Å². The van der Waals surface area contributed by atoms with Gasteiger partial charge in [0.05, 0.1) is 36.4 Å². The third-order valence-corrected chi connectivity index (χ3v) is 6.81. The number of benzene rings is 2. The Bertz CT molecular complexity index is 1180. The van der Waals surface area contributed by atoms with Gasteiger partial charge in [0.25, 0.3) is 17.7 Å². The topological polar surface area (TPSA) is 66.9 Å². The van der Waals surface area contributed by atoms with Crippen molar-refractivity contribution in [3.63, 3.8) is 0 Å². The Morgan fingerprint density at radius 2 is 1.79 bits per heavy atom. The largest absolute Gasteiger partial charge is 0.493 e. The lowest BCUT2D eigenvalue weighted by Gasteiger charge is -2.24. The minimum Gasteiger partial charge on any atom is -0.493 e. The van der Waals surface area contributed by atoms with Gasteiger partial charge < -0.3 is 9.64 Å². The maximum absolute atomic E-state index is 13.6. The van der Waals surface area contributed by atoms with E-state index < -0.39 is 0 Å². The Morgan fingerprint density at radius 3 is 2.39 bits per heavy atom. The Kier molecular flexibility index (Phi) is 5.72. The lowest BCUT2D eigenvalue weighted by molar-refractivity contribution is 0.0642. The van der Waals surface area contributed by atoms with Gasteiger partial charge in [-0.05, 0) is 61.0 Å². The van der Waals surface area contributed by atoms with Gasteiger partial charge in [-0.3, -0.25) is 19.3 Å². The third kappa shape index (κ3) is 4.16. The highest BCUT2D eigenvalue weighted by atomic mass is 32.1. The molecule has 2 aromatic carbocycles. The zero-order valence-corrected chi connectivity index (χ0v) is 19.1. The van der Waals surface area contributed by atoms with Crippen molar-refractivity contribution in [1.82, 2.24) is 9.80 Å². The van der Waals surface area contributed by atoms with Gasteiger partial charge in [0, 0.05) is 10.9 Å². The van der Waals surface area contributed by atoms with E-state index >= 15 is 0 Å². The second kappa shape index (κ2) is 8.83. The first-order valence-corrected chi connectivity index (χ1v) is 12.0. The van der Waals surface area contributed by atoms with E-state index in [0.29, 0.717) is 41.2 Å². The Hall–Kier alpha value is -3.45. The smallest absolute Gasteiger partial charge is 0.261 e. The highest BCUT2D eigenvalue weighted by Crippen LogP contribution is 2.33. The second-order valence-corrected chi connectivity index (χ2v) is 9.28. The van der Waals surface area contributed by atoms with E-state index in [-0.39, 0.29) is 30.3 Å². The molecule has 1 aliphatic heterocycles.